The molecule has 0 fully saturated rings. The maximum atomic E-state index is 10.4. The average Bonchev–Trinajstić information content (AvgIpc) is 2.38. The highest BCUT2D eigenvalue weighted by atomic mass is 16.6. The van der Waals surface area contributed by atoms with Crippen LogP contribution in [0.15, 0.2) is 42.9 Å². The molecule has 6 heteroatoms. The molecule has 6 nitrogen and oxygen atoms in total. The zero-order chi connectivity index (χ0) is 12.1. The van der Waals surface area contributed by atoms with Gasteiger partial charge in [-0.05, 0) is 6.07 Å². The van der Waals surface area contributed by atoms with Crippen LogP contribution in [0.25, 0.3) is 0 Å². The second kappa shape index (κ2) is 5.02. The molecular formula is C11H9N3O3. The maximum Gasteiger partial charge on any atom is 0.287 e. The first-order valence-electron chi connectivity index (χ1n) is 4.88. The SMILES string of the molecule is O=[N+]([O-])c1ccc(OCc2cccnc2)nc1. The van der Waals surface area contributed by atoms with Gasteiger partial charge >= 0.3 is 0 Å². The average molecular weight is 231 g/mol. The number of nitrogens with zero attached hydrogens (tertiary/aromatic N) is 3. The minimum atomic E-state index is -0.502. The smallest absolute Gasteiger partial charge is 0.287 e. The van der Waals surface area contributed by atoms with Crippen LogP contribution in [-0.2, 0) is 6.61 Å². The molecule has 2 aromatic rings. The van der Waals surface area contributed by atoms with Gasteiger partial charge in [-0.15, -0.1) is 0 Å². The summed E-state index contributed by atoms with van der Waals surface area (Å²) in [6.07, 6.45) is 4.53. The van der Waals surface area contributed by atoms with E-state index in [9.17, 15) is 10.1 Å². The highest BCUT2D eigenvalue weighted by Crippen LogP contribution is 2.14. The van der Waals surface area contributed by atoms with Crippen LogP contribution in [0.1, 0.15) is 5.56 Å². The molecule has 0 atom stereocenters. The van der Waals surface area contributed by atoms with E-state index in [1.54, 1.807) is 12.4 Å². The van der Waals surface area contributed by atoms with Crippen LogP contribution in [-0.4, -0.2) is 14.9 Å². The molecule has 0 radical (unpaired) electrons. The van der Waals surface area contributed by atoms with Crippen molar-refractivity contribution in [3.05, 3.63) is 58.5 Å². The topological polar surface area (TPSA) is 78.2 Å². The van der Waals surface area contributed by atoms with Gasteiger partial charge in [-0.25, -0.2) is 4.98 Å². The summed E-state index contributed by atoms with van der Waals surface area (Å²) >= 11 is 0. The largest absolute Gasteiger partial charge is 0.473 e. The highest BCUT2D eigenvalue weighted by molar-refractivity contribution is 5.29. The Morgan fingerprint density at radius 2 is 2.18 bits per heavy atom. The molecule has 0 spiro atoms. The third kappa shape index (κ3) is 2.97. The Hall–Kier alpha value is -2.50. The summed E-state index contributed by atoms with van der Waals surface area (Å²) in [7, 11) is 0. The van der Waals surface area contributed by atoms with Gasteiger partial charge in [-0.2, -0.15) is 0 Å². The van der Waals surface area contributed by atoms with Crippen molar-refractivity contribution < 1.29 is 9.66 Å². The number of ether oxygens (including phenoxy) is 1. The van der Waals surface area contributed by atoms with Crippen LogP contribution >= 0.6 is 0 Å². The molecular weight excluding hydrogens is 222 g/mol. The van der Waals surface area contributed by atoms with Gasteiger partial charge in [0.05, 0.1) is 4.92 Å². The van der Waals surface area contributed by atoms with Crippen LogP contribution < -0.4 is 4.74 Å². The van der Waals surface area contributed by atoms with Crippen LogP contribution in [0.4, 0.5) is 5.69 Å². The number of hydrogen-bond acceptors (Lipinski definition) is 5. The molecule has 86 valence electrons. The lowest BCUT2D eigenvalue weighted by Crippen LogP contribution is -1.98. The van der Waals surface area contributed by atoms with Gasteiger partial charge in [0.25, 0.3) is 5.69 Å². The van der Waals surface area contributed by atoms with Gasteiger partial charge in [-0.1, -0.05) is 6.07 Å². The van der Waals surface area contributed by atoms with E-state index >= 15 is 0 Å². The van der Waals surface area contributed by atoms with Crippen molar-refractivity contribution in [1.29, 1.82) is 0 Å². The molecule has 17 heavy (non-hydrogen) atoms. The molecule has 0 aliphatic carbocycles. The fourth-order valence-electron chi connectivity index (χ4n) is 1.21. The van der Waals surface area contributed by atoms with E-state index in [1.165, 1.54) is 18.3 Å². The number of hydrogen-bond donors (Lipinski definition) is 0. The van der Waals surface area contributed by atoms with E-state index in [2.05, 4.69) is 9.97 Å². The normalized spacial score (nSPS) is 9.88. The second-order valence-corrected chi connectivity index (χ2v) is 3.26. The molecule has 2 aromatic heterocycles. The number of aromatic nitrogens is 2. The molecule has 2 rings (SSSR count). The minimum absolute atomic E-state index is 0.0567. The Labute approximate surface area is 97.1 Å². The second-order valence-electron chi connectivity index (χ2n) is 3.26. The van der Waals surface area contributed by atoms with E-state index in [-0.39, 0.29) is 5.69 Å². The predicted octanol–water partition coefficient (Wildman–Crippen LogP) is 1.96. The Bertz CT molecular complexity index is 499. The fraction of sp³-hybridized carbons (Fsp3) is 0.0909. The number of pyridine rings is 2. The summed E-state index contributed by atoms with van der Waals surface area (Å²) in [6.45, 7) is 0.332. The summed E-state index contributed by atoms with van der Waals surface area (Å²) in [4.78, 5) is 17.7. The van der Waals surface area contributed by atoms with E-state index in [4.69, 9.17) is 4.74 Å². The third-order valence-electron chi connectivity index (χ3n) is 2.04. The highest BCUT2D eigenvalue weighted by Gasteiger charge is 2.05. The van der Waals surface area contributed by atoms with Crippen LogP contribution in [0.3, 0.4) is 0 Å². The lowest BCUT2D eigenvalue weighted by atomic mass is 10.3. The lowest BCUT2D eigenvalue weighted by molar-refractivity contribution is -0.385. The first kappa shape index (κ1) is 11.0. The summed E-state index contributed by atoms with van der Waals surface area (Å²) in [5.74, 6) is 0.347. The molecule has 0 saturated heterocycles. The Morgan fingerprint density at radius 3 is 2.76 bits per heavy atom. The van der Waals surface area contributed by atoms with Crippen molar-refractivity contribution in [2.24, 2.45) is 0 Å². The molecule has 0 aromatic carbocycles. The van der Waals surface area contributed by atoms with E-state index in [1.807, 2.05) is 12.1 Å². The summed E-state index contributed by atoms with van der Waals surface area (Å²) < 4.78 is 5.35. The first-order valence-corrected chi connectivity index (χ1v) is 4.88. The maximum absolute atomic E-state index is 10.4. The van der Waals surface area contributed by atoms with Gasteiger partial charge in [0, 0.05) is 30.1 Å². The van der Waals surface area contributed by atoms with Crippen molar-refractivity contribution in [3.8, 4) is 5.88 Å². The van der Waals surface area contributed by atoms with Gasteiger partial charge in [0.15, 0.2) is 0 Å². The number of rotatable bonds is 4. The van der Waals surface area contributed by atoms with Gasteiger partial charge in [-0.3, -0.25) is 15.1 Å². The van der Waals surface area contributed by atoms with Crippen molar-refractivity contribution >= 4 is 5.69 Å². The Balaban J connectivity index is 1.98. The quantitative estimate of drug-likeness (QED) is 0.593. The zero-order valence-corrected chi connectivity index (χ0v) is 8.81. The van der Waals surface area contributed by atoms with Crippen LogP contribution in [0, 0.1) is 10.1 Å². The molecule has 0 aliphatic heterocycles. The Morgan fingerprint density at radius 1 is 1.29 bits per heavy atom. The summed E-state index contributed by atoms with van der Waals surface area (Å²) in [5, 5.41) is 10.4. The van der Waals surface area contributed by atoms with E-state index in [0.29, 0.717) is 12.5 Å². The van der Waals surface area contributed by atoms with Gasteiger partial charge < -0.3 is 4.74 Å². The predicted molar refractivity (Wildman–Crippen MR) is 59.5 cm³/mol. The van der Waals surface area contributed by atoms with Crippen molar-refractivity contribution in [2.45, 2.75) is 6.61 Å². The first-order chi connectivity index (χ1) is 8.25. The lowest BCUT2D eigenvalue weighted by Gasteiger charge is -2.03. The standard InChI is InChI=1S/C11H9N3O3/c15-14(16)10-3-4-11(13-7-10)17-8-9-2-1-5-12-6-9/h1-7H,8H2. The molecule has 0 saturated carbocycles. The molecule has 0 unspecified atom stereocenters. The fourth-order valence-corrected chi connectivity index (χ4v) is 1.21. The van der Waals surface area contributed by atoms with Gasteiger partial charge in [0.1, 0.15) is 12.8 Å². The van der Waals surface area contributed by atoms with Crippen molar-refractivity contribution in [1.82, 2.24) is 9.97 Å². The monoisotopic (exact) mass is 231 g/mol. The summed E-state index contributed by atoms with van der Waals surface area (Å²) in [6, 6.07) is 6.50. The minimum Gasteiger partial charge on any atom is -0.473 e. The van der Waals surface area contributed by atoms with E-state index < -0.39 is 4.92 Å². The molecule has 2 heterocycles. The van der Waals surface area contributed by atoms with E-state index in [0.717, 1.165) is 5.56 Å². The van der Waals surface area contributed by atoms with Crippen molar-refractivity contribution in [2.75, 3.05) is 0 Å². The summed E-state index contributed by atoms with van der Waals surface area (Å²) in [5.41, 5.74) is 0.853. The molecule has 0 aliphatic rings. The van der Waals surface area contributed by atoms with Gasteiger partial charge in [0.2, 0.25) is 5.88 Å². The van der Waals surface area contributed by atoms with Crippen LogP contribution in [0.2, 0.25) is 0 Å². The number of nitro groups is 1. The Kier molecular flexibility index (Phi) is 3.25. The third-order valence-corrected chi connectivity index (χ3v) is 2.04. The van der Waals surface area contributed by atoms with Crippen LogP contribution in [0.5, 0.6) is 5.88 Å². The molecule has 0 amide bonds. The zero-order valence-electron chi connectivity index (χ0n) is 8.81. The molecule has 0 N–H and O–H groups in total. The molecule has 0 bridgehead atoms. The van der Waals surface area contributed by atoms with Crippen molar-refractivity contribution in [3.63, 3.8) is 0 Å².